The number of aromatic nitrogens is 3. The van der Waals surface area contributed by atoms with Crippen molar-refractivity contribution in [2.24, 2.45) is 0 Å². The van der Waals surface area contributed by atoms with Gasteiger partial charge in [-0.1, -0.05) is 0 Å². The van der Waals surface area contributed by atoms with Crippen LogP contribution in [0.15, 0.2) is 12.7 Å². The first-order chi connectivity index (χ1) is 6.31. The van der Waals surface area contributed by atoms with Gasteiger partial charge in [0.25, 0.3) is 0 Å². The molecule has 3 atom stereocenters. The van der Waals surface area contributed by atoms with Crippen molar-refractivity contribution >= 4 is 0 Å². The van der Waals surface area contributed by atoms with Crippen LogP contribution in [0.2, 0.25) is 0 Å². The van der Waals surface area contributed by atoms with Crippen molar-refractivity contribution in [3.05, 3.63) is 12.7 Å². The third-order valence-corrected chi connectivity index (χ3v) is 2.15. The average molecular weight is 185 g/mol. The summed E-state index contributed by atoms with van der Waals surface area (Å²) in [7, 11) is 0. The summed E-state index contributed by atoms with van der Waals surface area (Å²) in [5.74, 6) is 0. The lowest BCUT2D eigenvalue weighted by atomic mass is 10.2. The summed E-state index contributed by atoms with van der Waals surface area (Å²) in [5, 5.41) is 25.5. The van der Waals surface area contributed by atoms with Gasteiger partial charge in [0.1, 0.15) is 25.0 Å². The number of aliphatic hydroxyl groups is 2. The van der Waals surface area contributed by atoms with Crippen molar-refractivity contribution in [2.45, 2.75) is 24.9 Å². The molecule has 0 spiro atoms. The molecule has 1 saturated heterocycles. The normalized spacial score (nSPS) is 33.8. The van der Waals surface area contributed by atoms with E-state index in [4.69, 9.17) is 9.84 Å². The molecule has 1 aromatic rings. The summed E-state index contributed by atoms with van der Waals surface area (Å²) in [5.41, 5.74) is 0. The molecule has 1 aliphatic rings. The standard InChI is InChI=1S/C7H11N3O3/c11-2-6-5(12)1-7(13-6)10-3-8-9-4-10/h3-7,11-12H,1-2H2/t5-,6+,7+/m0/s1. The van der Waals surface area contributed by atoms with Crippen LogP contribution in [0.5, 0.6) is 0 Å². The number of rotatable bonds is 2. The molecule has 0 radical (unpaired) electrons. The lowest BCUT2D eigenvalue weighted by Crippen LogP contribution is -2.24. The Bertz CT molecular complexity index is 264. The fourth-order valence-corrected chi connectivity index (χ4v) is 1.42. The highest BCUT2D eigenvalue weighted by Gasteiger charge is 2.34. The molecule has 0 saturated carbocycles. The smallest absolute Gasteiger partial charge is 0.139 e. The first kappa shape index (κ1) is 8.61. The van der Waals surface area contributed by atoms with Gasteiger partial charge in [-0.15, -0.1) is 10.2 Å². The van der Waals surface area contributed by atoms with Gasteiger partial charge >= 0.3 is 0 Å². The maximum Gasteiger partial charge on any atom is 0.139 e. The van der Waals surface area contributed by atoms with Crippen molar-refractivity contribution in [3.63, 3.8) is 0 Å². The third-order valence-electron chi connectivity index (χ3n) is 2.15. The fourth-order valence-electron chi connectivity index (χ4n) is 1.42. The summed E-state index contributed by atoms with van der Waals surface area (Å²) in [4.78, 5) is 0. The van der Waals surface area contributed by atoms with Gasteiger partial charge in [0.2, 0.25) is 0 Å². The van der Waals surface area contributed by atoms with Crippen LogP contribution in [0.1, 0.15) is 12.6 Å². The minimum Gasteiger partial charge on any atom is -0.394 e. The lowest BCUT2D eigenvalue weighted by molar-refractivity contribution is -0.0444. The second-order valence-electron chi connectivity index (χ2n) is 3.02. The summed E-state index contributed by atoms with van der Waals surface area (Å²) in [6, 6.07) is 0. The van der Waals surface area contributed by atoms with Gasteiger partial charge in [0.15, 0.2) is 0 Å². The fraction of sp³-hybridized carbons (Fsp3) is 0.714. The van der Waals surface area contributed by atoms with Gasteiger partial charge in [-0.3, -0.25) is 4.57 Å². The second kappa shape index (κ2) is 3.41. The predicted molar refractivity (Wildman–Crippen MR) is 41.6 cm³/mol. The van der Waals surface area contributed by atoms with Crippen molar-refractivity contribution < 1.29 is 14.9 Å². The molecule has 2 heterocycles. The van der Waals surface area contributed by atoms with Gasteiger partial charge in [-0.2, -0.15) is 0 Å². The van der Waals surface area contributed by atoms with Crippen LogP contribution >= 0.6 is 0 Å². The van der Waals surface area contributed by atoms with E-state index in [-0.39, 0.29) is 12.8 Å². The lowest BCUT2D eigenvalue weighted by Gasteiger charge is -2.11. The van der Waals surface area contributed by atoms with E-state index in [9.17, 15) is 5.11 Å². The highest BCUT2D eigenvalue weighted by Crippen LogP contribution is 2.27. The molecule has 2 rings (SSSR count). The molecule has 0 aromatic carbocycles. The van der Waals surface area contributed by atoms with Crippen LogP contribution < -0.4 is 0 Å². The highest BCUT2D eigenvalue weighted by molar-refractivity contribution is 4.81. The molecule has 6 nitrogen and oxygen atoms in total. The zero-order chi connectivity index (χ0) is 9.26. The molecule has 0 amide bonds. The molecule has 0 aliphatic carbocycles. The van der Waals surface area contributed by atoms with Gasteiger partial charge in [0, 0.05) is 6.42 Å². The maximum absolute atomic E-state index is 9.42. The van der Waals surface area contributed by atoms with Gasteiger partial charge in [-0.25, -0.2) is 0 Å². The Hall–Kier alpha value is -0.980. The molecular weight excluding hydrogens is 174 g/mol. The third kappa shape index (κ3) is 1.55. The van der Waals surface area contributed by atoms with E-state index in [0.717, 1.165) is 0 Å². The first-order valence-corrected chi connectivity index (χ1v) is 4.09. The molecule has 1 aliphatic heterocycles. The van der Waals surface area contributed by atoms with Gasteiger partial charge in [0.05, 0.1) is 12.7 Å². The molecule has 6 heteroatoms. The number of hydrogen-bond donors (Lipinski definition) is 2. The summed E-state index contributed by atoms with van der Waals surface area (Å²) < 4.78 is 7.02. The van der Waals surface area contributed by atoms with Gasteiger partial charge in [-0.05, 0) is 0 Å². The largest absolute Gasteiger partial charge is 0.394 e. The van der Waals surface area contributed by atoms with E-state index in [1.165, 1.54) is 12.7 Å². The Kier molecular flexibility index (Phi) is 2.26. The topological polar surface area (TPSA) is 80.4 Å². The van der Waals surface area contributed by atoms with E-state index in [1.54, 1.807) is 4.57 Å². The summed E-state index contributed by atoms with van der Waals surface area (Å²) in [6.07, 6.45) is 2.14. The van der Waals surface area contributed by atoms with E-state index < -0.39 is 12.2 Å². The molecule has 72 valence electrons. The van der Waals surface area contributed by atoms with Crippen LogP contribution in [0.25, 0.3) is 0 Å². The summed E-state index contributed by atoms with van der Waals surface area (Å²) >= 11 is 0. The number of nitrogens with zero attached hydrogens (tertiary/aromatic N) is 3. The minimum atomic E-state index is -0.614. The summed E-state index contributed by atoms with van der Waals surface area (Å²) in [6.45, 7) is -0.167. The van der Waals surface area contributed by atoms with Crippen molar-refractivity contribution in [1.29, 1.82) is 0 Å². The maximum atomic E-state index is 9.42. The quantitative estimate of drug-likeness (QED) is 0.612. The number of aliphatic hydroxyl groups excluding tert-OH is 2. The van der Waals surface area contributed by atoms with Crippen molar-refractivity contribution in [3.8, 4) is 0 Å². The predicted octanol–water partition coefficient (Wildman–Crippen LogP) is -1.08. The Balaban J connectivity index is 2.05. The number of ether oxygens (including phenoxy) is 1. The van der Waals surface area contributed by atoms with Crippen LogP contribution in [0, 0.1) is 0 Å². The Morgan fingerprint density at radius 1 is 1.46 bits per heavy atom. The molecule has 0 bridgehead atoms. The molecule has 0 unspecified atom stereocenters. The van der Waals surface area contributed by atoms with E-state index in [1.807, 2.05) is 0 Å². The second-order valence-corrected chi connectivity index (χ2v) is 3.02. The zero-order valence-corrected chi connectivity index (χ0v) is 6.95. The first-order valence-electron chi connectivity index (χ1n) is 4.09. The minimum absolute atomic E-state index is 0.167. The SMILES string of the molecule is OC[C@H]1O[C@@H](n2cnnc2)C[C@@H]1O. The molecule has 1 fully saturated rings. The van der Waals surface area contributed by atoms with Crippen LogP contribution in [0.4, 0.5) is 0 Å². The molecular formula is C7H11N3O3. The molecule has 2 N–H and O–H groups in total. The number of hydrogen-bond acceptors (Lipinski definition) is 5. The monoisotopic (exact) mass is 185 g/mol. The Labute approximate surface area is 74.8 Å². The van der Waals surface area contributed by atoms with Crippen LogP contribution in [-0.4, -0.2) is 43.8 Å². The highest BCUT2D eigenvalue weighted by atomic mass is 16.5. The van der Waals surface area contributed by atoms with Crippen molar-refractivity contribution in [1.82, 2.24) is 14.8 Å². The average Bonchev–Trinajstić information content (AvgIpc) is 2.71. The van der Waals surface area contributed by atoms with Crippen LogP contribution in [-0.2, 0) is 4.74 Å². The molecule has 1 aromatic heterocycles. The Morgan fingerprint density at radius 2 is 2.15 bits per heavy atom. The Morgan fingerprint density at radius 3 is 2.69 bits per heavy atom. The van der Waals surface area contributed by atoms with Crippen molar-refractivity contribution in [2.75, 3.05) is 6.61 Å². The zero-order valence-electron chi connectivity index (χ0n) is 6.95. The van der Waals surface area contributed by atoms with E-state index in [2.05, 4.69) is 10.2 Å². The van der Waals surface area contributed by atoms with E-state index >= 15 is 0 Å². The van der Waals surface area contributed by atoms with E-state index in [0.29, 0.717) is 6.42 Å². The van der Waals surface area contributed by atoms with Gasteiger partial charge < -0.3 is 14.9 Å². The van der Waals surface area contributed by atoms with Crippen LogP contribution in [0.3, 0.4) is 0 Å². The molecule has 13 heavy (non-hydrogen) atoms.